The van der Waals surface area contributed by atoms with Crippen molar-refractivity contribution in [2.45, 2.75) is 13.2 Å². The molecule has 0 aliphatic heterocycles. The normalized spacial score (nSPS) is 10.4. The highest BCUT2D eigenvalue weighted by Crippen LogP contribution is 2.18. The van der Waals surface area contributed by atoms with Crippen LogP contribution in [0.5, 0.6) is 5.75 Å². The molecule has 1 heterocycles. The summed E-state index contributed by atoms with van der Waals surface area (Å²) in [6.07, 6.45) is 0. The van der Waals surface area contributed by atoms with Crippen LogP contribution in [0.2, 0.25) is 0 Å². The van der Waals surface area contributed by atoms with Gasteiger partial charge in [-0.3, -0.25) is 4.79 Å². The van der Waals surface area contributed by atoms with Crippen molar-refractivity contribution < 1.29 is 18.4 Å². The van der Waals surface area contributed by atoms with Gasteiger partial charge in [0.2, 0.25) is 11.7 Å². The van der Waals surface area contributed by atoms with E-state index >= 15 is 0 Å². The van der Waals surface area contributed by atoms with Crippen molar-refractivity contribution >= 4 is 5.91 Å². The van der Waals surface area contributed by atoms with Crippen molar-refractivity contribution in [3.8, 4) is 23.2 Å². The van der Waals surface area contributed by atoms with Crippen LogP contribution < -0.4 is 10.1 Å². The number of hydrogen-bond acceptors (Lipinski definition) is 6. The smallest absolute Gasteiger partial charge is 0.251 e. The van der Waals surface area contributed by atoms with E-state index in [9.17, 15) is 14.4 Å². The van der Waals surface area contributed by atoms with Gasteiger partial charge in [-0.2, -0.15) is 10.2 Å². The van der Waals surface area contributed by atoms with Gasteiger partial charge in [0.25, 0.3) is 5.91 Å². The molecule has 0 bridgehead atoms. The minimum absolute atomic E-state index is 0.0157. The molecule has 0 unspecified atom stereocenters. The van der Waals surface area contributed by atoms with Gasteiger partial charge in [-0.25, -0.2) is 4.39 Å². The number of nitriles is 1. The molecule has 0 aliphatic carbocycles. The lowest BCUT2D eigenvalue weighted by molar-refractivity contribution is 0.0945. The zero-order valence-electron chi connectivity index (χ0n) is 16.8. The van der Waals surface area contributed by atoms with Crippen molar-refractivity contribution in [1.29, 1.82) is 5.26 Å². The summed E-state index contributed by atoms with van der Waals surface area (Å²) in [4.78, 5) is 16.7. The molecule has 4 aromatic rings. The second-order valence-electron chi connectivity index (χ2n) is 6.79. The summed E-state index contributed by atoms with van der Waals surface area (Å²) in [5, 5.41) is 15.7. The summed E-state index contributed by atoms with van der Waals surface area (Å²) in [6.45, 7) is 0.224. The van der Waals surface area contributed by atoms with Crippen LogP contribution in [0, 0.1) is 17.1 Å². The first-order valence-electron chi connectivity index (χ1n) is 9.70. The van der Waals surface area contributed by atoms with E-state index in [1.807, 2.05) is 12.1 Å². The first-order chi connectivity index (χ1) is 15.6. The predicted octanol–water partition coefficient (Wildman–Crippen LogP) is 4.26. The fraction of sp³-hybridized carbons (Fsp3) is 0.0833. The number of amides is 1. The highest BCUT2D eigenvalue weighted by Gasteiger charge is 2.12. The Hall–Kier alpha value is -4.51. The average Bonchev–Trinajstić information content (AvgIpc) is 3.31. The quantitative estimate of drug-likeness (QED) is 0.472. The molecule has 0 saturated heterocycles. The first-order valence-corrected chi connectivity index (χ1v) is 9.70. The molecule has 7 nitrogen and oxygen atoms in total. The summed E-state index contributed by atoms with van der Waals surface area (Å²) >= 11 is 0. The van der Waals surface area contributed by atoms with Gasteiger partial charge in [-0.1, -0.05) is 41.6 Å². The van der Waals surface area contributed by atoms with Gasteiger partial charge < -0.3 is 14.6 Å². The molecule has 8 heteroatoms. The van der Waals surface area contributed by atoms with Crippen molar-refractivity contribution in [2.24, 2.45) is 0 Å². The zero-order valence-corrected chi connectivity index (χ0v) is 16.8. The van der Waals surface area contributed by atoms with Crippen LogP contribution in [0.15, 0.2) is 77.3 Å². The molecule has 0 atom stereocenters. The SMILES string of the molecule is N#Cc1ccccc1COc1cccc(C(=O)NCc2nc(-c3cccc(F)c3)no2)c1. The second-order valence-corrected chi connectivity index (χ2v) is 6.79. The van der Waals surface area contributed by atoms with Crippen LogP contribution in [-0.4, -0.2) is 16.0 Å². The summed E-state index contributed by atoms with van der Waals surface area (Å²) in [7, 11) is 0. The van der Waals surface area contributed by atoms with Crippen molar-refractivity contribution in [2.75, 3.05) is 0 Å². The average molecular weight is 428 g/mol. The lowest BCUT2D eigenvalue weighted by atomic mass is 10.1. The van der Waals surface area contributed by atoms with Gasteiger partial charge >= 0.3 is 0 Å². The lowest BCUT2D eigenvalue weighted by Crippen LogP contribution is -2.22. The molecule has 0 radical (unpaired) electrons. The van der Waals surface area contributed by atoms with Gasteiger partial charge in [0.05, 0.1) is 18.2 Å². The molecule has 1 aromatic heterocycles. The van der Waals surface area contributed by atoms with Crippen molar-refractivity contribution in [1.82, 2.24) is 15.5 Å². The minimum Gasteiger partial charge on any atom is -0.489 e. The molecule has 32 heavy (non-hydrogen) atoms. The Labute approximate surface area is 183 Å². The van der Waals surface area contributed by atoms with Crippen LogP contribution >= 0.6 is 0 Å². The van der Waals surface area contributed by atoms with Crippen molar-refractivity contribution in [3.63, 3.8) is 0 Å². The Morgan fingerprint density at radius 3 is 2.78 bits per heavy atom. The number of aromatic nitrogens is 2. The van der Waals surface area contributed by atoms with E-state index in [0.29, 0.717) is 22.4 Å². The van der Waals surface area contributed by atoms with E-state index in [-0.39, 0.29) is 30.8 Å². The number of ether oxygens (including phenoxy) is 1. The molecule has 0 aliphatic rings. The topological polar surface area (TPSA) is 101 Å². The molecule has 0 saturated carbocycles. The Morgan fingerprint density at radius 2 is 1.94 bits per heavy atom. The van der Waals surface area contributed by atoms with E-state index < -0.39 is 5.82 Å². The largest absolute Gasteiger partial charge is 0.489 e. The van der Waals surface area contributed by atoms with Gasteiger partial charge in [-0.05, 0) is 36.4 Å². The van der Waals surface area contributed by atoms with E-state index in [4.69, 9.17) is 9.26 Å². The van der Waals surface area contributed by atoms with E-state index in [1.54, 1.807) is 48.5 Å². The molecular formula is C24H17FN4O3. The fourth-order valence-corrected chi connectivity index (χ4v) is 2.97. The molecule has 1 N–H and O–H groups in total. The lowest BCUT2D eigenvalue weighted by Gasteiger charge is -2.09. The number of rotatable bonds is 7. The molecule has 0 spiro atoms. The van der Waals surface area contributed by atoms with Crippen LogP contribution in [0.3, 0.4) is 0 Å². The maximum atomic E-state index is 13.4. The number of nitrogens with one attached hydrogen (secondary N) is 1. The minimum atomic E-state index is -0.402. The van der Waals surface area contributed by atoms with E-state index in [0.717, 1.165) is 5.56 Å². The van der Waals surface area contributed by atoms with Crippen molar-refractivity contribution in [3.05, 3.63) is 101 Å². The van der Waals surface area contributed by atoms with Gasteiger partial charge in [0, 0.05) is 16.7 Å². The summed E-state index contributed by atoms with van der Waals surface area (Å²) in [5.41, 5.74) is 2.17. The maximum Gasteiger partial charge on any atom is 0.251 e. The Balaban J connectivity index is 1.37. The summed E-state index contributed by atoms with van der Waals surface area (Å²) < 4.78 is 24.2. The van der Waals surface area contributed by atoms with Gasteiger partial charge in [-0.15, -0.1) is 0 Å². The number of carbonyl (C=O) groups is 1. The van der Waals surface area contributed by atoms with Crippen LogP contribution in [0.1, 0.15) is 27.4 Å². The van der Waals surface area contributed by atoms with Gasteiger partial charge in [0.1, 0.15) is 18.2 Å². The third-order valence-corrected chi connectivity index (χ3v) is 4.58. The van der Waals surface area contributed by atoms with E-state index in [1.165, 1.54) is 12.1 Å². The molecular weight excluding hydrogens is 411 g/mol. The fourth-order valence-electron chi connectivity index (χ4n) is 2.97. The van der Waals surface area contributed by atoms with Gasteiger partial charge in [0.15, 0.2) is 0 Å². The number of benzene rings is 3. The highest BCUT2D eigenvalue weighted by atomic mass is 19.1. The molecule has 158 valence electrons. The number of nitrogens with zero attached hydrogens (tertiary/aromatic N) is 3. The third kappa shape index (κ3) is 4.96. The van der Waals surface area contributed by atoms with Crippen LogP contribution in [-0.2, 0) is 13.2 Å². The third-order valence-electron chi connectivity index (χ3n) is 4.58. The molecule has 0 fully saturated rings. The summed E-state index contributed by atoms with van der Waals surface area (Å²) in [5.74, 6) is 0.176. The monoisotopic (exact) mass is 428 g/mol. The molecule has 1 amide bonds. The van der Waals surface area contributed by atoms with E-state index in [2.05, 4.69) is 21.5 Å². The molecule has 3 aromatic carbocycles. The zero-order chi connectivity index (χ0) is 22.3. The summed E-state index contributed by atoms with van der Waals surface area (Å²) in [6, 6.07) is 21.8. The molecule has 4 rings (SSSR count). The number of halogens is 1. The maximum absolute atomic E-state index is 13.4. The first kappa shape index (κ1) is 20.8. The Morgan fingerprint density at radius 1 is 1.09 bits per heavy atom. The Bertz CT molecular complexity index is 1300. The standard InChI is InChI=1S/C24H17FN4O3/c25-20-9-3-7-16(11-20)23-28-22(32-29-23)14-27-24(30)17-8-4-10-21(12-17)31-15-19-6-2-1-5-18(19)13-26/h1-12H,14-15H2,(H,27,30). The van der Waals surface area contributed by atoms with Crippen LogP contribution in [0.4, 0.5) is 4.39 Å². The predicted molar refractivity (Wildman–Crippen MR) is 113 cm³/mol. The second kappa shape index (κ2) is 9.53. The Kier molecular flexibility index (Phi) is 6.18. The number of carbonyl (C=O) groups excluding carboxylic acids is 1. The number of hydrogen-bond donors (Lipinski definition) is 1. The highest BCUT2D eigenvalue weighted by molar-refractivity contribution is 5.94. The van der Waals surface area contributed by atoms with Crippen LogP contribution in [0.25, 0.3) is 11.4 Å².